The number of carbonyl (C=O) groups is 1. The van der Waals surface area contributed by atoms with Crippen molar-refractivity contribution in [1.29, 1.82) is 0 Å². The number of halogens is 1. The smallest absolute Gasteiger partial charge is 0.311 e. The Morgan fingerprint density at radius 3 is 2.78 bits per heavy atom. The average Bonchev–Trinajstić information content (AvgIpc) is 2.36. The summed E-state index contributed by atoms with van der Waals surface area (Å²) in [7, 11) is 0. The van der Waals surface area contributed by atoms with Crippen LogP contribution in [0.5, 0.6) is 0 Å². The molecule has 1 N–H and O–H groups in total. The van der Waals surface area contributed by atoms with E-state index >= 15 is 0 Å². The van der Waals surface area contributed by atoms with Crippen molar-refractivity contribution < 1.29 is 9.53 Å². The number of hydrogen-bond donors (Lipinski definition) is 1. The van der Waals surface area contributed by atoms with Gasteiger partial charge in [-0.3, -0.25) is 10.2 Å². The van der Waals surface area contributed by atoms with E-state index in [4.69, 9.17) is 16.3 Å². The average molecular weight is 271 g/mol. The van der Waals surface area contributed by atoms with E-state index in [0.717, 1.165) is 0 Å². The van der Waals surface area contributed by atoms with Crippen LogP contribution in [-0.2, 0) is 9.53 Å². The molecule has 18 heavy (non-hydrogen) atoms. The van der Waals surface area contributed by atoms with Gasteiger partial charge in [-0.1, -0.05) is 18.5 Å². The predicted molar refractivity (Wildman–Crippen MR) is 69.6 cm³/mol. The lowest BCUT2D eigenvalue weighted by Gasteiger charge is -2.04. The number of hydrazone groups is 1. The van der Waals surface area contributed by atoms with Crippen LogP contribution in [0.25, 0.3) is 0 Å². The van der Waals surface area contributed by atoms with E-state index in [1.165, 1.54) is 0 Å². The number of nitrogens with zero attached hydrogens (tertiary/aromatic N) is 3. The van der Waals surface area contributed by atoms with Crippen LogP contribution in [0.2, 0.25) is 5.15 Å². The van der Waals surface area contributed by atoms with E-state index in [1.54, 1.807) is 19.1 Å². The first-order valence-corrected chi connectivity index (χ1v) is 5.99. The highest BCUT2D eigenvalue weighted by molar-refractivity contribution is 6.29. The lowest BCUT2D eigenvalue weighted by Crippen LogP contribution is -2.12. The fourth-order valence-corrected chi connectivity index (χ4v) is 1.23. The number of hydrogen-bond acceptors (Lipinski definition) is 6. The molecule has 7 heteroatoms. The fraction of sp³-hybridized carbons (Fsp3) is 0.455. The van der Waals surface area contributed by atoms with E-state index in [2.05, 4.69) is 20.7 Å². The summed E-state index contributed by atoms with van der Waals surface area (Å²) in [6.45, 7) is 4.04. The van der Waals surface area contributed by atoms with Crippen molar-refractivity contribution in [3.05, 3.63) is 17.3 Å². The van der Waals surface area contributed by atoms with Gasteiger partial charge in [-0.2, -0.15) is 5.10 Å². The molecule has 0 aliphatic rings. The Balaban J connectivity index is 2.56. The van der Waals surface area contributed by atoms with Gasteiger partial charge in [-0.05, 0) is 25.5 Å². The minimum Gasteiger partial charge on any atom is -0.466 e. The summed E-state index contributed by atoms with van der Waals surface area (Å²) in [4.78, 5) is 11.3. The van der Waals surface area contributed by atoms with Crippen molar-refractivity contribution in [3.63, 3.8) is 0 Å². The van der Waals surface area contributed by atoms with E-state index in [0.29, 0.717) is 29.7 Å². The summed E-state index contributed by atoms with van der Waals surface area (Å²) in [5, 5.41) is 11.8. The van der Waals surface area contributed by atoms with Crippen LogP contribution < -0.4 is 5.43 Å². The molecular formula is C11H15ClN4O2. The molecule has 0 amide bonds. The number of nitrogens with one attached hydrogen (secondary N) is 1. The predicted octanol–water partition coefficient (Wildman–Crippen LogP) is 2.26. The maximum atomic E-state index is 11.3. The first kappa shape index (κ1) is 14.4. The fourth-order valence-electron chi connectivity index (χ4n) is 1.13. The quantitative estimate of drug-likeness (QED) is 0.487. The number of anilines is 1. The number of esters is 1. The molecule has 1 aromatic rings. The monoisotopic (exact) mass is 270 g/mol. The topological polar surface area (TPSA) is 76.5 Å². The van der Waals surface area contributed by atoms with Gasteiger partial charge in [0.05, 0.1) is 13.0 Å². The molecule has 0 spiro atoms. The summed E-state index contributed by atoms with van der Waals surface area (Å²) in [6, 6.07) is 3.25. The van der Waals surface area contributed by atoms with Gasteiger partial charge in [-0.25, -0.2) is 0 Å². The molecule has 0 aliphatic carbocycles. The number of rotatable bonds is 6. The maximum absolute atomic E-state index is 11.3. The van der Waals surface area contributed by atoms with Gasteiger partial charge in [-0.15, -0.1) is 10.2 Å². The summed E-state index contributed by atoms with van der Waals surface area (Å²) in [5.41, 5.74) is 3.40. The molecule has 1 rings (SSSR count). The van der Waals surface area contributed by atoms with Crippen LogP contribution in [0.3, 0.4) is 0 Å². The molecule has 0 aliphatic heterocycles. The third-order valence-corrected chi connectivity index (χ3v) is 2.22. The van der Waals surface area contributed by atoms with E-state index in [9.17, 15) is 4.79 Å². The van der Waals surface area contributed by atoms with Crippen molar-refractivity contribution in [1.82, 2.24) is 10.2 Å². The zero-order chi connectivity index (χ0) is 13.4. The van der Waals surface area contributed by atoms with Crippen LogP contribution in [0.15, 0.2) is 17.2 Å². The van der Waals surface area contributed by atoms with Crippen LogP contribution in [0.4, 0.5) is 5.82 Å². The molecular weight excluding hydrogens is 256 g/mol. The number of carbonyl (C=O) groups excluding carboxylic acids is 1. The molecule has 0 atom stereocenters. The first-order valence-electron chi connectivity index (χ1n) is 5.62. The largest absolute Gasteiger partial charge is 0.466 e. The SMILES string of the molecule is CCOC(=O)CC(CC)=NNc1ccc(Cl)nn1. The standard InChI is InChI=1S/C11H15ClN4O2/c1-3-8(7-11(17)18-4-2)13-15-10-6-5-9(12)14-16-10/h5-6H,3-4,7H2,1-2H3,(H,15,16). The minimum absolute atomic E-state index is 0.165. The van der Waals surface area contributed by atoms with Gasteiger partial charge in [0.1, 0.15) is 0 Å². The normalized spacial score (nSPS) is 11.2. The van der Waals surface area contributed by atoms with Crippen LogP contribution in [-0.4, -0.2) is 28.5 Å². The second-order valence-electron chi connectivity index (χ2n) is 3.37. The van der Waals surface area contributed by atoms with Crippen molar-refractivity contribution in [2.24, 2.45) is 5.10 Å². The Labute approximate surface area is 110 Å². The first-order chi connectivity index (χ1) is 8.65. The molecule has 0 saturated heterocycles. The van der Waals surface area contributed by atoms with Crippen molar-refractivity contribution in [2.75, 3.05) is 12.0 Å². The van der Waals surface area contributed by atoms with Crippen molar-refractivity contribution in [2.45, 2.75) is 26.7 Å². The van der Waals surface area contributed by atoms with Gasteiger partial charge in [0.15, 0.2) is 11.0 Å². The Morgan fingerprint density at radius 1 is 1.44 bits per heavy atom. The number of ether oxygens (including phenoxy) is 1. The van der Waals surface area contributed by atoms with Crippen LogP contribution in [0.1, 0.15) is 26.7 Å². The second-order valence-corrected chi connectivity index (χ2v) is 3.75. The van der Waals surface area contributed by atoms with Crippen LogP contribution >= 0.6 is 11.6 Å². The Hall–Kier alpha value is -1.69. The maximum Gasteiger partial charge on any atom is 0.311 e. The third kappa shape index (κ3) is 5.09. The third-order valence-electron chi connectivity index (χ3n) is 2.02. The molecule has 0 fully saturated rings. The highest BCUT2D eigenvalue weighted by atomic mass is 35.5. The van der Waals surface area contributed by atoms with Crippen molar-refractivity contribution in [3.8, 4) is 0 Å². The zero-order valence-electron chi connectivity index (χ0n) is 10.3. The van der Waals surface area contributed by atoms with Crippen LogP contribution in [0, 0.1) is 0 Å². The molecule has 0 aromatic carbocycles. The molecule has 1 aromatic heterocycles. The van der Waals surface area contributed by atoms with E-state index < -0.39 is 0 Å². The molecule has 1 heterocycles. The highest BCUT2D eigenvalue weighted by Gasteiger charge is 2.06. The lowest BCUT2D eigenvalue weighted by atomic mass is 10.2. The van der Waals surface area contributed by atoms with Crippen molar-refractivity contribution >= 4 is 29.1 Å². The minimum atomic E-state index is -0.290. The molecule has 0 bridgehead atoms. The molecule has 0 unspecified atom stereocenters. The van der Waals surface area contributed by atoms with Gasteiger partial charge >= 0.3 is 5.97 Å². The summed E-state index contributed by atoms with van der Waals surface area (Å²) in [5.74, 6) is 0.177. The number of aromatic nitrogens is 2. The summed E-state index contributed by atoms with van der Waals surface area (Å²) in [6.07, 6.45) is 0.811. The van der Waals surface area contributed by atoms with Gasteiger partial charge < -0.3 is 4.74 Å². The molecule has 6 nitrogen and oxygen atoms in total. The Morgan fingerprint density at radius 2 is 2.22 bits per heavy atom. The Kier molecular flexibility index (Phi) is 6.07. The van der Waals surface area contributed by atoms with Gasteiger partial charge in [0.2, 0.25) is 0 Å². The lowest BCUT2D eigenvalue weighted by molar-refractivity contribution is -0.141. The summed E-state index contributed by atoms with van der Waals surface area (Å²) >= 11 is 5.61. The van der Waals surface area contributed by atoms with Gasteiger partial charge in [0.25, 0.3) is 0 Å². The molecule has 0 saturated carbocycles. The molecule has 0 radical (unpaired) electrons. The Bertz CT molecular complexity index is 420. The molecule has 98 valence electrons. The van der Waals surface area contributed by atoms with Gasteiger partial charge in [0, 0.05) is 5.71 Å². The zero-order valence-corrected chi connectivity index (χ0v) is 11.1. The van der Waals surface area contributed by atoms with E-state index in [1.807, 2.05) is 6.92 Å². The second kappa shape index (κ2) is 7.60. The highest BCUT2D eigenvalue weighted by Crippen LogP contribution is 2.06. The summed E-state index contributed by atoms with van der Waals surface area (Å²) < 4.78 is 4.85. The van der Waals surface area contributed by atoms with E-state index in [-0.39, 0.29) is 12.4 Å².